The number of carbonyl (C=O) groups excluding carboxylic acids is 1. The first-order valence-electron chi connectivity index (χ1n) is 6.01. The molecule has 1 unspecified atom stereocenters. The molecule has 1 aromatic carbocycles. The minimum Gasteiger partial charge on any atom is -0.463 e. The molecular weight excluding hydrogens is 337 g/mol. The van der Waals surface area contributed by atoms with Crippen molar-refractivity contribution in [1.29, 1.82) is 0 Å². The molecule has 7 heteroatoms. The number of methoxy groups -OCH3 is 1. The third kappa shape index (κ3) is 3.64. The van der Waals surface area contributed by atoms with E-state index in [0.29, 0.717) is 26.5 Å². The van der Waals surface area contributed by atoms with Crippen molar-refractivity contribution in [3.05, 3.63) is 50.9 Å². The standard InChI is InChI=1S/C14H12Cl3NO3/c1-7(12-3-4-13(21-12)14(19)20-2)18-11-6-9(16)8(15)5-10(11)17/h3-7,18H,1-2H3. The summed E-state index contributed by atoms with van der Waals surface area (Å²) in [6.07, 6.45) is 0. The molecule has 0 bridgehead atoms. The molecule has 2 rings (SSSR count). The van der Waals surface area contributed by atoms with Crippen LogP contribution in [0.1, 0.15) is 29.3 Å². The van der Waals surface area contributed by atoms with E-state index in [0.717, 1.165) is 0 Å². The van der Waals surface area contributed by atoms with Gasteiger partial charge >= 0.3 is 5.97 Å². The second-order valence-electron chi connectivity index (χ2n) is 4.31. The molecule has 1 heterocycles. The SMILES string of the molecule is COC(=O)c1ccc(C(C)Nc2cc(Cl)c(Cl)cc2Cl)o1. The Morgan fingerprint density at radius 3 is 2.52 bits per heavy atom. The second kappa shape index (κ2) is 6.60. The van der Waals surface area contributed by atoms with Crippen LogP contribution in [0.3, 0.4) is 0 Å². The minimum absolute atomic E-state index is 0.140. The molecule has 0 aliphatic rings. The normalized spacial score (nSPS) is 12.0. The highest BCUT2D eigenvalue weighted by atomic mass is 35.5. The smallest absolute Gasteiger partial charge is 0.373 e. The number of rotatable bonds is 4. The van der Waals surface area contributed by atoms with Crippen molar-refractivity contribution in [3.8, 4) is 0 Å². The van der Waals surface area contributed by atoms with E-state index in [9.17, 15) is 4.79 Å². The molecule has 0 saturated carbocycles. The number of anilines is 1. The Morgan fingerprint density at radius 2 is 1.86 bits per heavy atom. The van der Waals surface area contributed by atoms with Crippen LogP contribution in [0.2, 0.25) is 15.1 Å². The maximum absolute atomic E-state index is 11.4. The number of halogens is 3. The average Bonchev–Trinajstić information content (AvgIpc) is 2.93. The lowest BCUT2D eigenvalue weighted by Crippen LogP contribution is -2.06. The van der Waals surface area contributed by atoms with E-state index in [1.165, 1.54) is 7.11 Å². The van der Waals surface area contributed by atoms with E-state index in [4.69, 9.17) is 39.2 Å². The molecule has 0 aliphatic heterocycles. The predicted octanol–water partition coefficient (Wildman–Crippen LogP) is 5.20. The van der Waals surface area contributed by atoms with Gasteiger partial charge in [0.25, 0.3) is 0 Å². The fourth-order valence-corrected chi connectivity index (χ4v) is 2.33. The summed E-state index contributed by atoms with van der Waals surface area (Å²) in [5.41, 5.74) is 0.620. The van der Waals surface area contributed by atoms with Gasteiger partial charge in [0.2, 0.25) is 5.76 Å². The number of benzene rings is 1. The molecule has 1 N–H and O–H groups in total. The highest BCUT2D eigenvalue weighted by Gasteiger charge is 2.16. The molecule has 112 valence electrons. The highest BCUT2D eigenvalue weighted by Crippen LogP contribution is 2.34. The lowest BCUT2D eigenvalue weighted by molar-refractivity contribution is 0.0562. The fraction of sp³-hybridized carbons (Fsp3) is 0.214. The lowest BCUT2D eigenvalue weighted by atomic mass is 10.2. The average molecular weight is 349 g/mol. The van der Waals surface area contributed by atoms with Crippen LogP contribution in [0.25, 0.3) is 0 Å². The van der Waals surface area contributed by atoms with Gasteiger partial charge < -0.3 is 14.5 Å². The zero-order valence-electron chi connectivity index (χ0n) is 11.2. The van der Waals surface area contributed by atoms with E-state index in [2.05, 4.69) is 10.1 Å². The molecule has 0 amide bonds. The van der Waals surface area contributed by atoms with Gasteiger partial charge in [0.1, 0.15) is 5.76 Å². The fourth-order valence-electron chi connectivity index (χ4n) is 1.73. The van der Waals surface area contributed by atoms with Gasteiger partial charge in [-0.15, -0.1) is 0 Å². The van der Waals surface area contributed by atoms with Crippen LogP contribution >= 0.6 is 34.8 Å². The molecule has 1 atom stereocenters. The predicted molar refractivity (Wildman–Crippen MR) is 83.6 cm³/mol. The zero-order valence-corrected chi connectivity index (χ0v) is 13.5. The summed E-state index contributed by atoms with van der Waals surface area (Å²) < 4.78 is 10.0. The van der Waals surface area contributed by atoms with Crippen LogP contribution in [0.4, 0.5) is 5.69 Å². The number of hydrogen-bond acceptors (Lipinski definition) is 4. The number of hydrogen-bond donors (Lipinski definition) is 1. The third-order valence-electron chi connectivity index (χ3n) is 2.82. The second-order valence-corrected chi connectivity index (χ2v) is 5.53. The van der Waals surface area contributed by atoms with Gasteiger partial charge in [0.15, 0.2) is 0 Å². The molecule has 4 nitrogen and oxygen atoms in total. The number of ether oxygens (including phenoxy) is 1. The minimum atomic E-state index is -0.527. The van der Waals surface area contributed by atoms with E-state index < -0.39 is 5.97 Å². The van der Waals surface area contributed by atoms with E-state index in [-0.39, 0.29) is 11.8 Å². The van der Waals surface area contributed by atoms with E-state index >= 15 is 0 Å². The van der Waals surface area contributed by atoms with Gasteiger partial charge in [-0.05, 0) is 31.2 Å². The van der Waals surface area contributed by atoms with Crippen molar-refractivity contribution in [2.24, 2.45) is 0 Å². The summed E-state index contributed by atoms with van der Waals surface area (Å²) in [5, 5.41) is 4.36. The monoisotopic (exact) mass is 347 g/mol. The first-order valence-corrected chi connectivity index (χ1v) is 7.15. The Hall–Kier alpha value is -1.36. The van der Waals surface area contributed by atoms with Gasteiger partial charge in [-0.25, -0.2) is 4.79 Å². The van der Waals surface area contributed by atoms with Crippen molar-refractivity contribution in [2.45, 2.75) is 13.0 Å². The topological polar surface area (TPSA) is 51.5 Å². The van der Waals surface area contributed by atoms with E-state index in [1.54, 1.807) is 24.3 Å². The maximum atomic E-state index is 11.4. The molecule has 0 radical (unpaired) electrons. The van der Waals surface area contributed by atoms with Crippen molar-refractivity contribution >= 4 is 46.5 Å². The van der Waals surface area contributed by atoms with Crippen LogP contribution < -0.4 is 5.32 Å². The van der Waals surface area contributed by atoms with Gasteiger partial charge in [-0.3, -0.25) is 0 Å². The number of esters is 1. The summed E-state index contributed by atoms with van der Waals surface area (Å²) in [6.45, 7) is 1.86. The van der Waals surface area contributed by atoms with Crippen molar-refractivity contribution in [1.82, 2.24) is 0 Å². The number of furan rings is 1. The van der Waals surface area contributed by atoms with Crippen LogP contribution in [0, 0.1) is 0 Å². The quantitative estimate of drug-likeness (QED) is 0.609. The van der Waals surface area contributed by atoms with Crippen LogP contribution in [0.5, 0.6) is 0 Å². The molecule has 0 aliphatic carbocycles. The summed E-state index contributed by atoms with van der Waals surface area (Å²) >= 11 is 17.9. The molecule has 0 fully saturated rings. The highest BCUT2D eigenvalue weighted by molar-refractivity contribution is 6.44. The third-order valence-corrected chi connectivity index (χ3v) is 3.86. The summed E-state index contributed by atoms with van der Waals surface area (Å²) in [7, 11) is 1.29. The van der Waals surface area contributed by atoms with E-state index in [1.807, 2.05) is 6.92 Å². The van der Waals surface area contributed by atoms with Gasteiger partial charge in [-0.2, -0.15) is 0 Å². The Kier molecular flexibility index (Phi) is 5.04. The number of carbonyl (C=O) groups is 1. The molecule has 0 spiro atoms. The maximum Gasteiger partial charge on any atom is 0.373 e. The summed E-state index contributed by atoms with van der Waals surface area (Å²) in [5.74, 6) is 0.181. The Bertz CT molecular complexity index is 669. The Labute approximate surface area is 136 Å². The lowest BCUT2D eigenvalue weighted by Gasteiger charge is -2.15. The summed E-state index contributed by atoms with van der Waals surface area (Å²) in [6, 6.07) is 6.21. The van der Waals surface area contributed by atoms with Gasteiger partial charge in [0.05, 0.1) is 33.9 Å². The molecule has 21 heavy (non-hydrogen) atoms. The molecule has 2 aromatic rings. The molecule has 0 saturated heterocycles. The van der Waals surface area contributed by atoms with Crippen LogP contribution in [0.15, 0.2) is 28.7 Å². The van der Waals surface area contributed by atoms with Gasteiger partial charge in [0, 0.05) is 0 Å². The number of nitrogens with one attached hydrogen (secondary N) is 1. The largest absolute Gasteiger partial charge is 0.463 e. The van der Waals surface area contributed by atoms with Crippen LogP contribution in [-0.2, 0) is 4.74 Å². The van der Waals surface area contributed by atoms with Crippen LogP contribution in [-0.4, -0.2) is 13.1 Å². The first kappa shape index (κ1) is 16.0. The first-order chi connectivity index (χ1) is 9.92. The molecule has 1 aromatic heterocycles. The Balaban J connectivity index is 2.18. The van der Waals surface area contributed by atoms with Gasteiger partial charge in [-0.1, -0.05) is 34.8 Å². The van der Waals surface area contributed by atoms with Crippen molar-refractivity contribution < 1.29 is 13.9 Å². The zero-order chi connectivity index (χ0) is 15.6. The Morgan fingerprint density at radius 1 is 1.19 bits per heavy atom. The molecular formula is C14H12Cl3NO3. The van der Waals surface area contributed by atoms with Crippen molar-refractivity contribution in [2.75, 3.05) is 12.4 Å². The summed E-state index contributed by atoms with van der Waals surface area (Å²) in [4.78, 5) is 11.4. The van der Waals surface area contributed by atoms with Crippen molar-refractivity contribution in [3.63, 3.8) is 0 Å².